The second-order valence-corrected chi connectivity index (χ2v) is 11.0. The summed E-state index contributed by atoms with van der Waals surface area (Å²) in [7, 11) is 0. The Morgan fingerprint density at radius 1 is 0.585 bits per heavy atom. The molecule has 4 heterocycles. The number of pyridine rings is 2. The van der Waals surface area contributed by atoms with Gasteiger partial charge in [0.15, 0.2) is 0 Å². The number of fused-ring (bicyclic) bond motifs is 16. The molecule has 0 aliphatic heterocycles. The topological polar surface area (TPSA) is 35.1 Å². The predicted octanol–water partition coefficient (Wildman–Crippen LogP) is 8.86. The SMILES string of the molecule is c1ccc(-n2c3ccc4c5ncccc5n5c6ccccc6nc5c4c3c3ccc4c(c32)-c2ccccc2C4)cc1. The summed E-state index contributed by atoms with van der Waals surface area (Å²) in [6.45, 7) is 0. The second kappa shape index (κ2) is 7.58. The van der Waals surface area contributed by atoms with Gasteiger partial charge in [0.2, 0.25) is 0 Å². The molecule has 0 amide bonds. The maximum atomic E-state index is 5.27. The van der Waals surface area contributed by atoms with Crippen LogP contribution in [0.4, 0.5) is 0 Å². The standard InChI is InChI=1S/C37H22N4/c1-2-10-24(11-3-1)40-30-19-18-26-34(33(30)27-17-16-23-21-22-9-4-5-12-25(22)32(23)36(27)40)37-39-28-13-6-7-14-29(28)41(37)31-15-8-20-38-35(26)31/h1-20H,21H2. The first-order valence-electron chi connectivity index (χ1n) is 14.1. The first-order chi connectivity index (χ1) is 20.4. The Bertz CT molecular complexity index is 2550. The number of aromatic nitrogens is 4. The zero-order chi connectivity index (χ0) is 26.7. The van der Waals surface area contributed by atoms with Crippen molar-refractivity contribution in [3.8, 4) is 16.8 Å². The predicted molar refractivity (Wildman–Crippen MR) is 168 cm³/mol. The largest absolute Gasteiger partial charge is 0.309 e. The summed E-state index contributed by atoms with van der Waals surface area (Å²) in [4.78, 5) is 10.2. The Morgan fingerprint density at radius 3 is 2.34 bits per heavy atom. The van der Waals surface area contributed by atoms with E-state index in [-0.39, 0.29) is 0 Å². The Hall–Kier alpha value is -5.48. The van der Waals surface area contributed by atoms with Crippen molar-refractivity contribution < 1.29 is 0 Å². The van der Waals surface area contributed by atoms with Gasteiger partial charge >= 0.3 is 0 Å². The molecule has 4 nitrogen and oxygen atoms in total. The van der Waals surface area contributed by atoms with Gasteiger partial charge in [-0.2, -0.15) is 0 Å². The van der Waals surface area contributed by atoms with Crippen LogP contribution in [0, 0.1) is 0 Å². The van der Waals surface area contributed by atoms with Gasteiger partial charge in [-0.3, -0.25) is 9.38 Å². The normalized spacial score (nSPS) is 12.8. The van der Waals surface area contributed by atoms with Crippen molar-refractivity contribution in [1.82, 2.24) is 18.9 Å². The molecule has 0 saturated heterocycles. The van der Waals surface area contributed by atoms with E-state index >= 15 is 0 Å². The number of hydrogen-bond donors (Lipinski definition) is 0. The lowest BCUT2D eigenvalue weighted by atomic mass is 9.99. The highest BCUT2D eigenvalue weighted by molar-refractivity contribution is 6.30. The minimum atomic E-state index is 0.961. The fourth-order valence-electron chi connectivity index (χ4n) is 7.31. The molecule has 4 heteroatoms. The Kier molecular flexibility index (Phi) is 3.95. The summed E-state index contributed by atoms with van der Waals surface area (Å²) in [5.74, 6) is 0. The van der Waals surface area contributed by atoms with Gasteiger partial charge in [-0.15, -0.1) is 0 Å². The van der Waals surface area contributed by atoms with Crippen LogP contribution in [0.5, 0.6) is 0 Å². The van der Waals surface area contributed by atoms with Crippen molar-refractivity contribution in [2.45, 2.75) is 6.42 Å². The van der Waals surface area contributed by atoms with Gasteiger partial charge in [-0.25, -0.2) is 4.98 Å². The minimum Gasteiger partial charge on any atom is -0.309 e. The van der Waals surface area contributed by atoms with E-state index in [1.807, 2.05) is 12.3 Å². The van der Waals surface area contributed by atoms with Crippen molar-refractivity contribution in [2.24, 2.45) is 0 Å². The molecule has 0 fully saturated rings. The number of imidazole rings is 1. The van der Waals surface area contributed by atoms with Gasteiger partial charge in [0.25, 0.3) is 0 Å². The fraction of sp³-hybridized carbons (Fsp3) is 0.0270. The maximum Gasteiger partial charge on any atom is 0.147 e. The first kappa shape index (κ1) is 21.4. The zero-order valence-electron chi connectivity index (χ0n) is 22.0. The first-order valence-corrected chi connectivity index (χ1v) is 14.1. The van der Waals surface area contributed by atoms with E-state index in [1.165, 1.54) is 44.1 Å². The van der Waals surface area contributed by atoms with Crippen LogP contribution in [-0.2, 0) is 6.42 Å². The molecule has 5 aromatic carbocycles. The van der Waals surface area contributed by atoms with E-state index in [2.05, 4.69) is 118 Å². The van der Waals surface area contributed by atoms with E-state index in [9.17, 15) is 0 Å². The summed E-state index contributed by atoms with van der Waals surface area (Å²) in [5, 5.41) is 4.75. The van der Waals surface area contributed by atoms with Crippen molar-refractivity contribution in [3.05, 3.63) is 133 Å². The highest BCUT2D eigenvalue weighted by atomic mass is 15.0. The van der Waals surface area contributed by atoms with Crippen LogP contribution in [0.25, 0.3) is 77.1 Å². The Balaban J connectivity index is 1.52. The second-order valence-electron chi connectivity index (χ2n) is 11.0. The quantitative estimate of drug-likeness (QED) is 0.202. The molecule has 0 bridgehead atoms. The summed E-state index contributed by atoms with van der Waals surface area (Å²) in [6, 6.07) is 41.4. The smallest absolute Gasteiger partial charge is 0.147 e. The third-order valence-electron chi connectivity index (χ3n) is 8.93. The molecule has 1 aliphatic rings. The van der Waals surface area contributed by atoms with Crippen LogP contribution >= 0.6 is 0 Å². The van der Waals surface area contributed by atoms with Gasteiger partial charge in [-0.05, 0) is 71.6 Å². The highest BCUT2D eigenvalue weighted by Crippen LogP contribution is 2.47. The molecule has 190 valence electrons. The molecule has 0 unspecified atom stereocenters. The molecule has 0 saturated carbocycles. The molecule has 4 aromatic heterocycles. The monoisotopic (exact) mass is 522 g/mol. The lowest BCUT2D eigenvalue weighted by Gasteiger charge is -2.12. The number of hydrogen-bond acceptors (Lipinski definition) is 2. The van der Waals surface area contributed by atoms with Crippen LogP contribution in [0.3, 0.4) is 0 Å². The lowest BCUT2D eigenvalue weighted by molar-refractivity contribution is 1.18. The van der Waals surface area contributed by atoms with Gasteiger partial charge in [0.05, 0.1) is 33.1 Å². The fourth-order valence-corrected chi connectivity index (χ4v) is 7.31. The molecule has 0 N–H and O–H groups in total. The van der Waals surface area contributed by atoms with Crippen molar-refractivity contribution in [3.63, 3.8) is 0 Å². The van der Waals surface area contributed by atoms with Gasteiger partial charge < -0.3 is 4.57 Å². The summed E-state index contributed by atoms with van der Waals surface area (Å²) in [5.41, 5.74) is 14.2. The number of para-hydroxylation sites is 3. The molecule has 10 rings (SSSR count). The average molecular weight is 523 g/mol. The Morgan fingerprint density at radius 2 is 1.39 bits per heavy atom. The van der Waals surface area contributed by atoms with E-state index in [1.54, 1.807) is 0 Å². The molecule has 1 aliphatic carbocycles. The maximum absolute atomic E-state index is 5.27. The van der Waals surface area contributed by atoms with Gasteiger partial charge in [-0.1, -0.05) is 66.7 Å². The van der Waals surface area contributed by atoms with E-state index in [4.69, 9.17) is 9.97 Å². The zero-order valence-corrected chi connectivity index (χ0v) is 22.0. The number of benzene rings is 5. The van der Waals surface area contributed by atoms with Crippen LogP contribution in [0.15, 0.2) is 121 Å². The Labute approximate surface area is 234 Å². The van der Waals surface area contributed by atoms with E-state index in [0.717, 1.165) is 50.6 Å². The van der Waals surface area contributed by atoms with Crippen molar-refractivity contribution >= 4 is 60.3 Å². The number of nitrogens with zero attached hydrogens (tertiary/aromatic N) is 4. The summed E-state index contributed by atoms with van der Waals surface area (Å²) in [6.07, 6.45) is 2.86. The summed E-state index contributed by atoms with van der Waals surface area (Å²) < 4.78 is 4.76. The van der Waals surface area contributed by atoms with Crippen molar-refractivity contribution in [1.29, 1.82) is 0 Å². The number of rotatable bonds is 1. The lowest BCUT2D eigenvalue weighted by Crippen LogP contribution is -1.96. The highest BCUT2D eigenvalue weighted by Gasteiger charge is 2.27. The third kappa shape index (κ3) is 2.64. The molecular formula is C37H22N4. The molecule has 41 heavy (non-hydrogen) atoms. The van der Waals surface area contributed by atoms with Crippen LogP contribution in [0.2, 0.25) is 0 Å². The molecule has 0 spiro atoms. The van der Waals surface area contributed by atoms with Crippen LogP contribution in [0.1, 0.15) is 11.1 Å². The molecular weight excluding hydrogens is 500 g/mol. The van der Waals surface area contributed by atoms with E-state index < -0.39 is 0 Å². The summed E-state index contributed by atoms with van der Waals surface area (Å²) >= 11 is 0. The third-order valence-corrected chi connectivity index (χ3v) is 8.93. The van der Waals surface area contributed by atoms with Gasteiger partial charge in [0, 0.05) is 39.0 Å². The van der Waals surface area contributed by atoms with Crippen LogP contribution in [-0.4, -0.2) is 18.9 Å². The minimum absolute atomic E-state index is 0.961. The van der Waals surface area contributed by atoms with E-state index in [0.29, 0.717) is 0 Å². The van der Waals surface area contributed by atoms with Gasteiger partial charge in [0.1, 0.15) is 5.65 Å². The van der Waals surface area contributed by atoms with Crippen LogP contribution < -0.4 is 0 Å². The average Bonchev–Trinajstić information content (AvgIpc) is 3.71. The molecule has 9 aromatic rings. The van der Waals surface area contributed by atoms with Crippen molar-refractivity contribution in [2.75, 3.05) is 0 Å². The molecule has 0 radical (unpaired) electrons. The molecule has 0 atom stereocenters.